The molecule has 0 saturated carbocycles. The lowest BCUT2D eigenvalue weighted by Crippen LogP contribution is -2.28. The third-order valence-electron chi connectivity index (χ3n) is 3.64. The van der Waals surface area contributed by atoms with Gasteiger partial charge in [0, 0.05) is 19.7 Å². The summed E-state index contributed by atoms with van der Waals surface area (Å²) >= 11 is 6.40. The zero-order valence-corrected chi connectivity index (χ0v) is 13.4. The summed E-state index contributed by atoms with van der Waals surface area (Å²) in [6, 6.07) is 3.64. The lowest BCUT2D eigenvalue weighted by atomic mass is 10.2. The molecule has 2 heterocycles. The Morgan fingerprint density at radius 1 is 1.14 bits per heavy atom. The van der Waals surface area contributed by atoms with Crippen LogP contribution < -0.4 is 14.4 Å². The van der Waals surface area contributed by atoms with Gasteiger partial charge in [0.15, 0.2) is 0 Å². The highest BCUT2D eigenvalue weighted by Crippen LogP contribution is 2.36. The minimum absolute atomic E-state index is 0.466. The number of anilines is 1. The smallest absolute Gasteiger partial charge is 0.229 e. The molecule has 1 fully saturated rings. The Balaban J connectivity index is 2.12. The van der Waals surface area contributed by atoms with E-state index in [2.05, 4.69) is 14.9 Å². The second-order valence-corrected chi connectivity index (χ2v) is 5.34. The van der Waals surface area contributed by atoms with Gasteiger partial charge in [0.25, 0.3) is 0 Å². The van der Waals surface area contributed by atoms with Crippen molar-refractivity contribution in [3.8, 4) is 11.6 Å². The largest absolute Gasteiger partial charge is 0.495 e. The van der Waals surface area contributed by atoms with Crippen LogP contribution in [-0.4, -0.2) is 50.5 Å². The number of hydrogen-bond donors (Lipinski definition) is 0. The molecule has 118 valence electrons. The number of benzene rings is 1. The fraction of sp³-hybridized carbons (Fsp3) is 0.467. The lowest BCUT2D eigenvalue weighted by Gasteiger charge is -2.20. The van der Waals surface area contributed by atoms with Crippen LogP contribution in [0.2, 0.25) is 5.02 Å². The molecule has 0 radical (unpaired) electrons. The SMILES string of the molecule is COc1ccc2c(OC)nc(N3CCCOCC3)nc2c1Cl. The van der Waals surface area contributed by atoms with Crippen molar-refractivity contribution in [3.05, 3.63) is 17.2 Å². The molecule has 6 nitrogen and oxygen atoms in total. The van der Waals surface area contributed by atoms with Crippen LogP contribution >= 0.6 is 11.6 Å². The van der Waals surface area contributed by atoms with Crippen LogP contribution in [0.4, 0.5) is 5.95 Å². The molecule has 0 atom stereocenters. The average molecular weight is 324 g/mol. The molecular weight excluding hydrogens is 306 g/mol. The van der Waals surface area contributed by atoms with Crippen LogP contribution in [-0.2, 0) is 4.74 Å². The fourth-order valence-electron chi connectivity index (χ4n) is 2.50. The van der Waals surface area contributed by atoms with Gasteiger partial charge >= 0.3 is 0 Å². The molecule has 1 aromatic carbocycles. The fourth-order valence-corrected chi connectivity index (χ4v) is 2.79. The van der Waals surface area contributed by atoms with E-state index in [1.54, 1.807) is 20.3 Å². The molecule has 1 saturated heterocycles. The van der Waals surface area contributed by atoms with Crippen molar-refractivity contribution in [1.29, 1.82) is 0 Å². The normalized spacial score (nSPS) is 15.7. The van der Waals surface area contributed by atoms with Gasteiger partial charge in [-0.25, -0.2) is 4.98 Å². The van der Waals surface area contributed by atoms with Crippen LogP contribution in [0.3, 0.4) is 0 Å². The molecular formula is C15H18ClN3O3. The Morgan fingerprint density at radius 2 is 2.00 bits per heavy atom. The van der Waals surface area contributed by atoms with E-state index in [0.717, 1.165) is 31.5 Å². The second kappa shape index (κ2) is 6.54. The summed E-state index contributed by atoms with van der Waals surface area (Å²) in [6.45, 7) is 3.01. The summed E-state index contributed by atoms with van der Waals surface area (Å²) in [4.78, 5) is 11.2. The van der Waals surface area contributed by atoms with E-state index in [0.29, 0.717) is 34.7 Å². The Kier molecular flexibility index (Phi) is 4.49. The van der Waals surface area contributed by atoms with Gasteiger partial charge in [-0.05, 0) is 18.6 Å². The molecule has 0 aliphatic carbocycles. The van der Waals surface area contributed by atoms with E-state index in [1.807, 2.05) is 6.07 Å². The van der Waals surface area contributed by atoms with Crippen LogP contribution in [0.5, 0.6) is 11.6 Å². The van der Waals surface area contributed by atoms with Crippen molar-refractivity contribution in [3.63, 3.8) is 0 Å². The quantitative estimate of drug-likeness (QED) is 0.865. The van der Waals surface area contributed by atoms with E-state index in [1.165, 1.54) is 0 Å². The molecule has 0 bridgehead atoms. The molecule has 0 N–H and O–H groups in total. The average Bonchev–Trinajstić information content (AvgIpc) is 2.84. The molecule has 1 aliphatic rings. The van der Waals surface area contributed by atoms with E-state index >= 15 is 0 Å². The molecule has 0 amide bonds. The summed E-state index contributed by atoms with van der Waals surface area (Å²) in [5.41, 5.74) is 0.632. The second-order valence-electron chi connectivity index (χ2n) is 4.96. The van der Waals surface area contributed by atoms with E-state index in [-0.39, 0.29) is 0 Å². The van der Waals surface area contributed by atoms with Gasteiger partial charge in [-0.15, -0.1) is 0 Å². The van der Waals surface area contributed by atoms with Gasteiger partial charge < -0.3 is 19.1 Å². The highest BCUT2D eigenvalue weighted by molar-refractivity contribution is 6.36. The van der Waals surface area contributed by atoms with Crippen LogP contribution in [0.15, 0.2) is 12.1 Å². The minimum Gasteiger partial charge on any atom is -0.495 e. The molecule has 0 unspecified atom stereocenters. The zero-order valence-electron chi connectivity index (χ0n) is 12.6. The van der Waals surface area contributed by atoms with Gasteiger partial charge in [-0.2, -0.15) is 4.98 Å². The monoisotopic (exact) mass is 323 g/mol. The standard InChI is InChI=1S/C15H18ClN3O3/c1-20-11-5-4-10-13(12(11)16)17-15(18-14(10)21-2)19-6-3-8-22-9-7-19/h4-5H,3,6-9H2,1-2H3. The van der Waals surface area contributed by atoms with Crippen molar-refractivity contribution in [1.82, 2.24) is 9.97 Å². The molecule has 0 spiro atoms. The van der Waals surface area contributed by atoms with Crippen molar-refractivity contribution >= 4 is 28.5 Å². The van der Waals surface area contributed by atoms with E-state index < -0.39 is 0 Å². The Bertz CT molecular complexity index is 673. The Hall–Kier alpha value is -1.79. The lowest BCUT2D eigenvalue weighted by molar-refractivity contribution is 0.152. The van der Waals surface area contributed by atoms with Crippen LogP contribution in [0.25, 0.3) is 10.9 Å². The number of aromatic nitrogens is 2. The molecule has 7 heteroatoms. The minimum atomic E-state index is 0.466. The van der Waals surface area contributed by atoms with Gasteiger partial charge in [0.2, 0.25) is 11.8 Å². The third kappa shape index (κ3) is 2.76. The molecule has 1 aliphatic heterocycles. The highest BCUT2D eigenvalue weighted by Gasteiger charge is 2.18. The first-order valence-corrected chi connectivity index (χ1v) is 7.53. The first-order valence-electron chi connectivity index (χ1n) is 7.15. The number of ether oxygens (including phenoxy) is 3. The number of fused-ring (bicyclic) bond motifs is 1. The Morgan fingerprint density at radius 3 is 2.77 bits per heavy atom. The predicted molar refractivity (Wildman–Crippen MR) is 85.3 cm³/mol. The van der Waals surface area contributed by atoms with Gasteiger partial charge in [0.05, 0.1) is 26.2 Å². The summed E-state index contributed by atoms with van der Waals surface area (Å²) in [5.74, 6) is 1.69. The predicted octanol–water partition coefficient (Wildman–Crippen LogP) is 2.53. The van der Waals surface area contributed by atoms with E-state index in [4.69, 9.17) is 25.8 Å². The summed E-state index contributed by atoms with van der Waals surface area (Å²) in [6.07, 6.45) is 0.940. The topological polar surface area (TPSA) is 56.7 Å². The maximum Gasteiger partial charge on any atom is 0.229 e. The number of halogens is 1. The van der Waals surface area contributed by atoms with Gasteiger partial charge in [-0.1, -0.05) is 11.6 Å². The van der Waals surface area contributed by atoms with E-state index in [9.17, 15) is 0 Å². The number of rotatable bonds is 3. The molecule has 2 aromatic rings. The third-order valence-corrected chi connectivity index (χ3v) is 4.01. The Labute approximate surface area is 134 Å². The van der Waals surface area contributed by atoms with Crippen molar-refractivity contribution < 1.29 is 14.2 Å². The highest BCUT2D eigenvalue weighted by atomic mass is 35.5. The zero-order chi connectivity index (χ0) is 15.5. The van der Waals surface area contributed by atoms with Crippen LogP contribution in [0.1, 0.15) is 6.42 Å². The van der Waals surface area contributed by atoms with Gasteiger partial charge in [0.1, 0.15) is 16.3 Å². The van der Waals surface area contributed by atoms with Gasteiger partial charge in [-0.3, -0.25) is 0 Å². The molecule has 22 heavy (non-hydrogen) atoms. The summed E-state index contributed by atoms with van der Waals surface area (Å²) < 4.78 is 16.2. The number of methoxy groups -OCH3 is 2. The summed E-state index contributed by atoms with van der Waals surface area (Å²) in [7, 11) is 3.17. The number of hydrogen-bond acceptors (Lipinski definition) is 6. The number of nitrogens with zero attached hydrogens (tertiary/aromatic N) is 3. The maximum absolute atomic E-state index is 6.40. The first-order chi connectivity index (χ1) is 10.7. The molecule has 1 aromatic heterocycles. The maximum atomic E-state index is 6.40. The summed E-state index contributed by atoms with van der Waals surface area (Å²) in [5, 5.41) is 1.23. The van der Waals surface area contributed by atoms with Crippen molar-refractivity contribution in [2.75, 3.05) is 45.4 Å². The van der Waals surface area contributed by atoms with Crippen molar-refractivity contribution in [2.24, 2.45) is 0 Å². The first kappa shape index (κ1) is 15.1. The van der Waals surface area contributed by atoms with Crippen LogP contribution in [0, 0.1) is 0 Å². The molecule has 3 rings (SSSR count). The van der Waals surface area contributed by atoms with Crippen molar-refractivity contribution in [2.45, 2.75) is 6.42 Å².